The lowest BCUT2D eigenvalue weighted by Crippen LogP contribution is -2.33. The maximum atomic E-state index is 12.5. The quantitative estimate of drug-likeness (QED) is 0.134. The summed E-state index contributed by atoms with van der Waals surface area (Å²) in [4.78, 5) is 32.9. The SMILES string of the molecule is COc1cccc(OC)c1C(/C=C(\N)C(=O)NCC(=O)O)=Nc1ccc(OCCCN(C)CCCN(C)C)cc1C(C)C. The second-order valence-electron chi connectivity index (χ2n) is 10.7. The van der Waals surface area contributed by atoms with Crippen molar-refractivity contribution in [1.82, 2.24) is 15.1 Å². The molecule has 0 aliphatic heterocycles. The van der Waals surface area contributed by atoms with E-state index in [0.717, 1.165) is 43.8 Å². The number of nitrogens with zero attached hydrogens (tertiary/aromatic N) is 3. The lowest BCUT2D eigenvalue weighted by molar-refractivity contribution is -0.137. The first-order valence-corrected chi connectivity index (χ1v) is 14.3. The van der Waals surface area contributed by atoms with Crippen molar-refractivity contribution in [2.75, 3.05) is 68.1 Å². The zero-order chi connectivity index (χ0) is 31.9. The fourth-order valence-electron chi connectivity index (χ4n) is 4.34. The molecule has 236 valence electrons. The fraction of sp³-hybridized carbons (Fsp3) is 0.469. The van der Waals surface area contributed by atoms with Gasteiger partial charge in [-0.2, -0.15) is 0 Å². The number of carboxylic acids is 1. The van der Waals surface area contributed by atoms with Gasteiger partial charge >= 0.3 is 5.97 Å². The maximum absolute atomic E-state index is 12.5. The Morgan fingerprint density at radius 1 is 1.02 bits per heavy atom. The first-order chi connectivity index (χ1) is 20.5. The number of hydrogen-bond acceptors (Lipinski definition) is 9. The van der Waals surface area contributed by atoms with Crippen LogP contribution in [0.15, 0.2) is 53.2 Å². The van der Waals surface area contributed by atoms with E-state index in [1.165, 1.54) is 20.3 Å². The van der Waals surface area contributed by atoms with Crippen molar-refractivity contribution < 1.29 is 28.9 Å². The van der Waals surface area contributed by atoms with Crippen molar-refractivity contribution in [2.24, 2.45) is 10.7 Å². The average molecular weight is 598 g/mol. The Bertz CT molecular complexity index is 1250. The Labute approximate surface area is 255 Å². The van der Waals surface area contributed by atoms with E-state index < -0.39 is 18.4 Å². The van der Waals surface area contributed by atoms with E-state index >= 15 is 0 Å². The monoisotopic (exact) mass is 597 g/mol. The van der Waals surface area contributed by atoms with Gasteiger partial charge in [0.2, 0.25) is 0 Å². The van der Waals surface area contributed by atoms with Gasteiger partial charge in [-0.15, -0.1) is 0 Å². The zero-order valence-corrected chi connectivity index (χ0v) is 26.5. The normalized spacial score (nSPS) is 12.1. The number of nitrogens with two attached hydrogens (primary N) is 1. The van der Waals surface area contributed by atoms with Crippen LogP contribution in [0, 0.1) is 0 Å². The Morgan fingerprint density at radius 3 is 2.26 bits per heavy atom. The third kappa shape index (κ3) is 11.6. The summed E-state index contributed by atoms with van der Waals surface area (Å²) in [5.74, 6) is -0.141. The Kier molecular flexibility index (Phi) is 14.5. The van der Waals surface area contributed by atoms with Crippen molar-refractivity contribution in [3.8, 4) is 17.2 Å². The van der Waals surface area contributed by atoms with E-state index in [2.05, 4.69) is 50.1 Å². The number of carbonyl (C=O) groups is 2. The third-order valence-corrected chi connectivity index (χ3v) is 6.60. The van der Waals surface area contributed by atoms with Gasteiger partial charge in [-0.05, 0) is 95.0 Å². The first-order valence-electron chi connectivity index (χ1n) is 14.3. The van der Waals surface area contributed by atoms with Crippen LogP contribution in [-0.4, -0.2) is 101 Å². The molecule has 0 radical (unpaired) electrons. The van der Waals surface area contributed by atoms with Gasteiger partial charge in [-0.25, -0.2) is 4.99 Å². The second kappa shape index (κ2) is 17.8. The van der Waals surface area contributed by atoms with Gasteiger partial charge in [0.1, 0.15) is 23.8 Å². The Balaban J connectivity index is 2.39. The molecule has 0 saturated heterocycles. The molecule has 0 aliphatic rings. The van der Waals surface area contributed by atoms with Crippen LogP contribution in [0.25, 0.3) is 0 Å². The number of nitrogens with one attached hydrogen (secondary N) is 1. The maximum Gasteiger partial charge on any atom is 0.322 e. The summed E-state index contributed by atoms with van der Waals surface area (Å²) >= 11 is 0. The van der Waals surface area contributed by atoms with Crippen LogP contribution in [0.3, 0.4) is 0 Å². The lowest BCUT2D eigenvalue weighted by Gasteiger charge is -2.18. The number of amides is 1. The molecule has 0 fully saturated rings. The summed E-state index contributed by atoms with van der Waals surface area (Å²) in [6.45, 7) is 7.21. The molecule has 43 heavy (non-hydrogen) atoms. The highest BCUT2D eigenvalue weighted by Gasteiger charge is 2.19. The topological polar surface area (TPSA) is 139 Å². The van der Waals surface area contributed by atoms with Gasteiger partial charge < -0.3 is 40.2 Å². The molecule has 2 aromatic carbocycles. The Morgan fingerprint density at radius 2 is 1.67 bits per heavy atom. The van der Waals surface area contributed by atoms with E-state index in [9.17, 15) is 9.59 Å². The summed E-state index contributed by atoms with van der Waals surface area (Å²) in [5.41, 5.74) is 8.27. The molecule has 0 heterocycles. The van der Waals surface area contributed by atoms with Gasteiger partial charge in [0.15, 0.2) is 0 Å². The number of carboxylic acid groups (broad SMARTS) is 1. The van der Waals surface area contributed by atoms with Crippen molar-refractivity contribution in [3.05, 3.63) is 59.3 Å². The van der Waals surface area contributed by atoms with Gasteiger partial charge in [0, 0.05) is 6.54 Å². The number of aliphatic imine (C=N–C) groups is 1. The molecule has 11 heteroatoms. The standard InChI is InChI=1S/C32H47N5O6/c1-22(2)24-19-23(43-18-10-17-37(5)16-9-15-36(3)4)13-14-26(24)35-27(20-25(33)32(40)34-21-30(38)39)31-28(41-6)11-8-12-29(31)42-7/h8,11-14,19-20,22H,9-10,15-18,21,33H2,1-7H3,(H,34,40)(H,38,39)/b25-20-,35-27?. The van der Waals surface area contributed by atoms with Crippen LogP contribution in [-0.2, 0) is 9.59 Å². The number of aliphatic carboxylic acids is 1. The summed E-state index contributed by atoms with van der Waals surface area (Å²) in [6, 6.07) is 11.0. The molecule has 0 bridgehead atoms. The minimum atomic E-state index is -1.18. The summed E-state index contributed by atoms with van der Waals surface area (Å²) in [5, 5.41) is 11.2. The number of carbonyl (C=O) groups excluding carboxylic acids is 1. The van der Waals surface area contributed by atoms with Crippen LogP contribution in [0.5, 0.6) is 17.2 Å². The van der Waals surface area contributed by atoms with E-state index in [1.54, 1.807) is 18.2 Å². The highest BCUT2D eigenvalue weighted by molar-refractivity contribution is 6.16. The largest absolute Gasteiger partial charge is 0.496 e. The molecule has 2 aromatic rings. The number of methoxy groups -OCH3 is 2. The molecule has 0 unspecified atom stereocenters. The number of benzene rings is 2. The van der Waals surface area contributed by atoms with Crippen molar-refractivity contribution in [1.29, 1.82) is 0 Å². The fourth-order valence-corrected chi connectivity index (χ4v) is 4.34. The number of rotatable bonds is 18. The molecule has 1 amide bonds. The minimum absolute atomic E-state index is 0.103. The van der Waals surface area contributed by atoms with Crippen LogP contribution in [0.4, 0.5) is 5.69 Å². The van der Waals surface area contributed by atoms with Crippen molar-refractivity contribution in [2.45, 2.75) is 32.6 Å². The van der Waals surface area contributed by atoms with Crippen molar-refractivity contribution >= 4 is 23.3 Å². The van der Waals surface area contributed by atoms with E-state index in [-0.39, 0.29) is 11.6 Å². The predicted octanol–water partition coefficient (Wildman–Crippen LogP) is 3.64. The van der Waals surface area contributed by atoms with Crippen LogP contribution in [0.1, 0.15) is 43.7 Å². The molecule has 0 saturated carbocycles. The average Bonchev–Trinajstić information content (AvgIpc) is 2.97. The highest BCUT2D eigenvalue weighted by Crippen LogP contribution is 2.35. The summed E-state index contributed by atoms with van der Waals surface area (Å²) in [6.07, 6.45) is 3.42. The number of allylic oxidation sites excluding steroid dienone is 1. The summed E-state index contributed by atoms with van der Waals surface area (Å²) in [7, 11) is 9.35. The third-order valence-electron chi connectivity index (χ3n) is 6.60. The molecule has 0 spiro atoms. The smallest absolute Gasteiger partial charge is 0.322 e. The lowest BCUT2D eigenvalue weighted by atomic mass is 10.00. The molecule has 0 atom stereocenters. The van der Waals surface area contributed by atoms with E-state index in [0.29, 0.717) is 35.1 Å². The van der Waals surface area contributed by atoms with Crippen LogP contribution in [0.2, 0.25) is 0 Å². The van der Waals surface area contributed by atoms with Crippen LogP contribution >= 0.6 is 0 Å². The van der Waals surface area contributed by atoms with Gasteiger partial charge in [-0.3, -0.25) is 9.59 Å². The van der Waals surface area contributed by atoms with Crippen molar-refractivity contribution in [3.63, 3.8) is 0 Å². The van der Waals surface area contributed by atoms with E-state index in [1.807, 2.05) is 18.2 Å². The molecule has 2 rings (SSSR count). The Hall–Kier alpha value is -4.09. The van der Waals surface area contributed by atoms with Gasteiger partial charge in [0.05, 0.1) is 43.5 Å². The molecular weight excluding hydrogens is 550 g/mol. The highest BCUT2D eigenvalue weighted by atomic mass is 16.5. The van der Waals surface area contributed by atoms with Gasteiger partial charge in [-0.1, -0.05) is 19.9 Å². The van der Waals surface area contributed by atoms with Crippen LogP contribution < -0.4 is 25.3 Å². The molecule has 0 aliphatic carbocycles. The minimum Gasteiger partial charge on any atom is -0.496 e. The first kappa shape index (κ1) is 35.1. The molecule has 4 N–H and O–H groups in total. The number of hydrogen-bond donors (Lipinski definition) is 3. The predicted molar refractivity (Wildman–Crippen MR) is 170 cm³/mol. The van der Waals surface area contributed by atoms with E-state index in [4.69, 9.17) is 30.0 Å². The summed E-state index contributed by atoms with van der Waals surface area (Å²) < 4.78 is 17.3. The number of ether oxygens (including phenoxy) is 3. The zero-order valence-electron chi connectivity index (χ0n) is 26.5. The van der Waals surface area contributed by atoms with Gasteiger partial charge in [0.25, 0.3) is 5.91 Å². The second-order valence-corrected chi connectivity index (χ2v) is 10.7. The molecule has 11 nitrogen and oxygen atoms in total. The molecular formula is C32H47N5O6. The molecule has 0 aromatic heterocycles.